The van der Waals surface area contributed by atoms with Gasteiger partial charge in [-0.2, -0.15) is 5.10 Å². The number of nitrogens with zero attached hydrogens (tertiary/aromatic N) is 2. The van der Waals surface area contributed by atoms with E-state index in [1.165, 1.54) is 12.3 Å². The van der Waals surface area contributed by atoms with Gasteiger partial charge in [0.05, 0.1) is 23.6 Å². The zero-order valence-electron chi connectivity index (χ0n) is 17.4. The van der Waals surface area contributed by atoms with Gasteiger partial charge in [-0.1, -0.05) is 60.7 Å². The second kappa shape index (κ2) is 10.6. The highest BCUT2D eigenvalue weighted by Gasteiger charge is 2.19. The van der Waals surface area contributed by atoms with Crippen LogP contribution in [0.3, 0.4) is 0 Å². The maximum Gasteiger partial charge on any atom is 0.272 e. The topological polar surface area (TPSA) is 114 Å². The lowest BCUT2D eigenvalue weighted by atomic mass is 10.0. The summed E-state index contributed by atoms with van der Waals surface area (Å²) in [5.74, 6) is -0.701. The molecule has 0 fully saturated rings. The van der Waals surface area contributed by atoms with E-state index in [4.69, 9.17) is 0 Å². The third-order valence-corrected chi connectivity index (χ3v) is 4.77. The first-order chi connectivity index (χ1) is 15.4. The second-order valence-electron chi connectivity index (χ2n) is 7.10. The molecule has 0 aliphatic heterocycles. The number of nitro groups is 1. The number of hydrogen-bond acceptors (Lipinski definition) is 5. The lowest BCUT2D eigenvalue weighted by Crippen LogP contribution is -2.32. The summed E-state index contributed by atoms with van der Waals surface area (Å²) >= 11 is 0. The Hall–Kier alpha value is -4.33. The first kappa shape index (κ1) is 22.4. The molecule has 8 heteroatoms. The Balaban J connectivity index is 1.67. The molecule has 2 amide bonds. The average Bonchev–Trinajstić information content (AvgIpc) is 2.80. The molecule has 3 aromatic rings. The zero-order valence-corrected chi connectivity index (χ0v) is 17.4. The Kier molecular flexibility index (Phi) is 7.42. The van der Waals surface area contributed by atoms with E-state index in [0.29, 0.717) is 16.7 Å². The number of carbonyl (C=O) groups is 2. The van der Waals surface area contributed by atoms with Crippen LogP contribution in [-0.4, -0.2) is 23.0 Å². The molecule has 0 aliphatic rings. The Bertz CT molecular complexity index is 1130. The van der Waals surface area contributed by atoms with Gasteiger partial charge in [-0.25, -0.2) is 5.43 Å². The van der Waals surface area contributed by atoms with Crippen molar-refractivity contribution in [1.82, 2.24) is 10.7 Å². The van der Waals surface area contributed by atoms with Crippen molar-refractivity contribution < 1.29 is 14.5 Å². The highest BCUT2D eigenvalue weighted by atomic mass is 16.6. The highest BCUT2D eigenvalue weighted by Crippen LogP contribution is 2.19. The molecule has 0 aromatic heterocycles. The molecule has 32 heavy (non-hydrogen) atoms. The molecule has 3 aromatic carbocycles. The molecule has 0 saturated carbocycles. The van der Waals surface area contributed by atoms with Crippen LogP contribution in [0.2, 0.25) is 0 Å². The minimum Gasteiger partial charge on any atom is -0.345 e. The number of nitro benzene ring substituents is 1. The predicted molar refractivity (Wildman–Crippen MR) is 121 cm³/mol. The molecule has 8 nitrogen and oxygen atoms in total. The maximum absolute atomic E-state index is 12.6. The molecular formula is C24H22N4O4. The van der Waals surface area contributed by atoms with Crippen molar-refractivity contribution in [2.45, 2.75) is 19.4 Å². The standard InChI is InChI=1S/C24H22N4O4/c1-17-12-13-18(14-22(17)28(31)32)16-25-27-23(29)15-21(19-8-4-2-5-9-19)26-24(30)20-10-6-3-7-11-20/h2-14,16,21H,15H2,1H3,(H,26,30)(H,27,29)/b25-16-/t21-/m1/s1. The summed E-state index contributed by atoms with van der Waals surface area (Å²) in [6.45, 7) is 1.65. The van der Waals surface area contributed by atoms with E-state index in [1.807, 2.05) is 36.4 Å². The number of benzene rings is 3. The van der Waals surface area contributed by atoms with Gasteiger partial charge in [0.25, 0.3) is 11.6 Å². The summed E-state index contributed by atoms with van der Waals surface area (Å²) < 4.78 is 0. The molecule has 3 rings (SSSR count). The summed E-state index contributed by atoms with van der Waals surface area (Å²) in [6, 6.07) is 22.0. The minimum absolute atomic E-state index is 0.0203. The van der Waals surface area contributed by atoms with Crippen LogP contribution in [0.15, 0.2) is 84.0 Å². The van der Waals surface area contributed by atoms with Gasteiger partial charge in [-0.3, -0.25) is 19.7 Å². The molecule has 0 bridgehead atoms. The number of amides is 2. The molecule has 0 radical (unpaired) electrons. The summed E-state index contributed by atoms with van der Waals surface area (Å²) in [5, 5.41) is 17.8. The number of hydrogen-bond donors (Lipinski definition) is 2. The Morgan fingerprint density at radius 3 is 2.34 bits per heavy atom. The quantitative estimate of drug-likeness (QED) is 0.320. The summed E-state index contributed by atoms with van der Waals surface area (Å²) in [6.07, 6.45) is 1.30. The normalized spacial score (nSPS) is 11.7. The Morgan fingerprint density at radius 1 is 1.03 bits per heavy atom. The van der Waals surface area contributed by atoms with Crippen LogP contribution in [0.25, 0.3) is 0 Å². The molecule has 0 unspecified atom stereocenters. The Labute approximate surface area is 185 Å². The molecular weight excluding hydrogens is 408 g/mol. The SMILES string of the molecule is Cc1ccc(/C=N\NC(=O)C[C@@H](NC(=O)c2ccccc2)c2ccccc2)cc1[N+](=O)[O-]. The van der Waals surface area contributed by atoms with Gasteiger partial charge in [0.15, 0.2) is 0 Å². The van der Waals surface area contributed by atoms with E-state index in [1.54, 1.807) is 43.3 Å². The fourth-order valence-corrected chi connectivity index (χ4v) is 3.08. The van der Waals surface area contributed by atoms with E-state index < -0.39 is 16.9 Å². The predicted octanol–water partition coefficient (Wildman–Crippen LogP) is 3.91. The number of hydrazone groups is 1. The van der Waals surface area contributed by atoms with Crippen molar-refractivity contribution in [3.63, 3.8) is 0 Å². The molecule has 2 N–H and O–H groups in total. The van der Waals surface area contributed by atoms with E-state index >= 15 is 0 Å². The minimum atomic E-state index is -0.556. The Morgan fingerprint density at radius 2 is 1.69 bits per heavy atom. The fourth-order valence-electron chi connectivity index (χ4n) is 3.08. The summed E-state index contributed by atoms with van der Waals surface area (Å²) in [7, 11) is 0. The van der Waals surface area contributed by atoms with Gasteiger partial charge in [-0.15, -0.1) is 0 Å². The number of nitrogens with one attached hydrogen (secondary N) is 2. The van der Waals surface area contributed by atoms with E-state index in [-0.39, 0.29) is 18.0 Å². The van der Waals surface area contributed by atoms with Crippen LogP contribution in [0.1, 0.15) is 39.5 Å². The van der Waals surface area contributed by atoms with Crippen LogP contribution in [0, 0.1) is 17.0 Å². The first-order valence-electron chi connectivity index (χ1n) is 9.92. The smallest absolute Gasteiger partial charge is 0.272 e. The van der Waals surface area contributed by atoms with Crippen molar-refractivity contribution in [1.29, 1.82) is 0 Å². The summed E-state index contributed by atoms with van der Waals surface area (Å²) in [4.78, 5) is 35.7. The third-order valence-electron chi connectivity index (χ3n) is 4.77. The summed E-state index contributed by atoms with van der Waals surface area (Å²) in [5.41, 5.74) is 4.70. The van der Waals surface area contributed by atoms with Crippen LogP contribution < -0.4 is 10.7 Å². The number of carbonyl (C=O) groups excluding carboxylic acids is 2. The molecule has 0 spiro atoms. The second-order valence-corrected chi connectivity index (χ2v) is 7.10. The van der Waals surface area contributed by atoms with Crippen LogP contribution >= 0.6 is 0 Å². The molecule has 0 heterocycles. The number of rotatable bonds is 8. The third kappa shape index (κ3) is 6.09. The average molecular weight is 430 g/mol. The first-order valence-corrected chi connectivity index (χ1v) is 9.92. The van der Waals surface area contributed by atoms with Gasteiger partial charge in [0.1, 0.15) is 0 Å². The molecule has 0 aliphatic carbocycles. The molecule has 1 atom stereocenters. The monoisotopic (exact) mass is 430 g/mol. The molecule has 0 saturated heterocycles. The van der Waals surface area contributed by atoms with Gasteiger partial charge in [0, 0.05) is 22.8 Å². The van der Waals surface area contributed by atoms with Crippen molar-refractivity contribution in [2.24, 2.45) is 5.10 Å². The largest absolute Gasteiger partial charge is 0.345 e. The van der Waals surface area contributed by atoms with Gasteiger partial charge >= 0.3 is 0 Å². The maximum atomic E-state index is 12.6. The highest BCUT2D eigenvalue weighted by molar-refractivity contribution is 5.94. The lowest BCUT2D eigenvalue weighted by molar-refractivity contribution is -0.385. The van der Waals surface area contributed by atoms with Gasteiger partial charge in [0.2, 0.25) is 5.91 Å². The van der Waals surface area contributed by atoms with Crippen molar-refractivity contribution in [2.75, 3.05) is 0 Å². The van der Waals surface area contributed by atoms with Crippen LogP contribution in [0.4, 0.5) is 5.69 Å². The fraction of sp³-hybridized carbons (Fsp3) is 0.125. The van der Waals surface area contributed by atoms with Crippen molar-refractivity contribution in [3.8, 4) is 0 Å². The van der Waals surface area contributed by atoms with Crippen molar-refractivity contribution in [3.05, 3.63) is 111 Å². The van der Waals surface area contributed by atoms with E-state index in [0.717, 1.165) is 5.56 Å². The van der Waals surface area contributed by atoms with Gasteiger partial charge in [-0.05, 0) is 24.6 Å². The van der Waals surface area contributed by atoms with E-state index in [2.05, 4.69) is 15.8 Å². The zero-order chi connectivity index (χ0) is 22.9. The van der Waals surface area contributed by atoms with Crippen LogP contribution in [-0.2, 0) is 4.79 Å². The van der Waals surface area contributed by atoms with Crippen molar-refractivity contribution >= 4 is 23.7 Å². The van der Waals surface area contributed by atoms with E-state index in [9.17, 15) is 19.7 Å². The lowest BCUT2D eigenvalue weighted by Gasteiger charge is -2.18. The number of aryl methyl sites for hydroxylation is 1. The van der Waals surface area contributed by atoms with Gasteiger partial charge < -0.3 is 5.32 Å². The van der Waals surface area contributed by atoms with Crippen LogP contribution in [0.5, 0.6) is 0 Å². The molecule has 162 valence electrons.